The van der Waals surface area contributed by atoms with E-state index in [1.165, 1.54) is 0 Å². The summed E-state index contributed by atoms with van der Waals surface area (Å²) in [5.74, 6) is 2.47. The van der Waals surface area contributed by atoms with Crippen molar-refractivity contribution in [2.24, 2.45) is 4.99 Å². The van der Waals surface area contributed by atoms with E-state index >= 15 is 0 Å². The van der Waals surface area contributed by atoms with Crippen molar-refractivity contribution >= 4 is 29.9 Å². The van der Waals surface area contributed by atoms with Gasteiger partial charge in [0, 0.05) is 26.7 Å². The van der Waals surface area contributed by atoms with Crippen LogP contribution in [0.25, 0.3) is 0 Å². The monoisotopic (exact) mass is 448 g/mol. The Morgan fingerprint density at radius 2 is 2.29 bits per heavy atom. The molecule has 0 aliphatic carbocycles. The Labute approximate surface area is 159 Å². The molecule has 0 saturated heterocycles. The molecule has 8 nitrogen and oxygen atoms in total. The van der Waals surface area contributed by atoms with Gasteiger partial charge in [0.15, 0.2) is 11.8 Å². The fourth-order valence-corrected chi connectivity index (χ4v) is 2.01. The maximum Gasteiger partial charge on any atom is 0.191 e. The van der Waals surface area contributed by atoms with Gasteiger partial charge in [0.05, 0.1) is 12.8 Å². The third-order valence-electron chi connectivity index (χ3n) is 3.26. The Morgan fingerprint density at radius 3 is 3.00 bits per heavy atom. The van der Waals surface area contributed by atoms with E-state index in [1.54, 1.807) is 19.6 Å². The molecule has 0 saturated carbocycles. The fourth-order valence-electron chi connectivity index (χ4n) is 2.01. The van der Waals surface area contributed by atoms with E-state index in [4.69, 9.17) is 9.15 Å². The molecule has 2 aromatic heterocycles. The van der Waals surface area contributed by atoms with Crippen LogP contribution in [0.5, 0.6) is 0 Å². The number of ether oxygens (including phenoxy) is 1. The summed E-state index contributed by atoms with van der Waals surface area (Å²) in [5, 5.41) is 14.4. The molecular weight excluding hydrogens is 423 g/mol. The Morgan fingerprint density at radius 1 is 1.42 bits per heavy atom. The first-order valence-electron chi connectivity index (χ1n) is 7.74. The van der Waals surface area contributed by atoms with Gasteiger partial charge in [0.1, 0.15) is 18.7 Å². The van der Waals surface area contributed by atoms with Gasteiger partial charge in [-0.1, -0.05) is 0 Å². The number of nitrogens with one attached hydrogen (secondary N) is 2. The zero-order chi connectivity index (χ0) is 16.3. The molecule has 0 aliphatic rings. The van der Waals surface area contributed by atoms with E-state index in [9.17, 15) is 0 Å². The van der Waals surface area contributed by atoms with Gasteiger partial charge in [0.25, 0.3) is 0 Å². The lowest BCUT2D eigenvalue weighted by Gasteiger charge is -2.11. The smallest absolute Gasteiger partial charge is 0.191 e. The number of rotatable bonds is 9. The minimum Gasteiger partial charge on any atom is -0.467 e. The van der Waals surface area contributed by atoms with Crippen LogP contribution < -0.4 is 10.6 Å². The highest BCUT2D eigenvalue weighted by atomic mass is 127. The van der Waals surface area contributed by atoms with Crippen LogP contribution in [0, 0.1) is 0 Å². The first kappa shape index (κ1) is 20.4. The summed E-state index contributed by atoms with van der Waals surface area (Å²) in [6, 6.07) is 3.76. The number of aryl methyl sites for hydroxylation is 1. The third kappa shape index (κ3) is 6.87. The van der Waals surface area contributed by atoms with Gasteiger partial charge in [-0.05, 0) is 25.5 Å². The molecule has 0 radical (unpaired) electrons. The Balaban J connectivity index is 0.00000288. The van der Waals surface area contributed by atoms with Crippen LogP contribution >= 0.6 is 24.0 Å². The predicted octanol–water partition coefficient (Wildman–Crippen LogP) is 1.78. The number of aliphatic imine (C=N–C) groups is 1. The van der Waals surface area contributed by atoms with E-state index in [0.29, 0.717) is 19.8 Å². The lowest BCUT2D eigenvalue weighted by molar-refractivity contribution is 0.105. The van der Waals surface area contributed by atoms with Gasteiger partial charge in [-0.3, -0.25) is 4.99 Å². The molecule has 9 heteroatoms. The Kier molecular flexibility index (Phi) is 10.1. The first-order chi connectivity index (χ1) is 11.3. The Hall–Kier alpha value is -1.62. The van der Waals surface area contributed by atoms with Gasteiger partial charge in [-0.25, -0.2) is 0 Å². The Bertz CT molecular complexity index is 585. The molecule has 2 N–H and O–H groups in total. The van der Waals surface area contributed by atoms with Crippen LogP contribution in [0.15, 0.2) is 34.1 Å². The van der Waals surface area contributed by atoms with E-state index < -0.39 is 0 Å². The number of hydrogen-bond donors (Lipinski definition) is 2. The van der Waals surface area contributed by atoms with Crippen LogP contribution in [0.4, 0.5) is 0 Å². The molecule has 0 bridgehead atoms. The highest BCUT2D eigenvalue weighted by Crippen LogP contribution is 2.01. The standard InChI is InChI=1S/C15H24N6O2.HI/c1-3-21-12-19-20-14(21)10-18-15(16-2)17-7-5-8-22-11-13-6-4-9-23-13;/h4,6,9,12H,3,5,7-8,10-11H2,1-2H3,(H2,16,17,18);1H. The maximum absolute atomic E-state index is 5.53. The van der Waals surface area contributed by atoms with Crippen molar-refractivity contribution in [2.45, 2.75) is 33.0 Å². The number of nitrogens with zero attached hydrogens (tertiary/aromatic N) is 4. The van der Waals surface area contributed by atoms with Crippen LogP contribution in [0.2, 0.25) is 0 Å². The number of hydrogen-bond acceptors (Lipinski definition) is 5. The summed E-state index contributed by atoms with van der Waals surface area (Å²) in [6.07, 6.45) is 4.26. The zero-order valence-corrected chi connectivity index (χ0v) is 16.4. The van der Waals surface area contributed by atoms with Gasteiger partial charge in [-0.2, -0.15) is 0 Å². The average molecular weight is 448 g/mol. The molecule has 24 heavy (non-hydrogen) atoms. The topological polar surface area (TPSA) is 89.5 Å². The summed E-state index contributed by atoms with van der Waals surface area (Å²) in [7, 11) is 1.74. The quantitative estimate of drug-likeness (QED) is 0.263. The fraction of sp³-hybridized carbons (Fsp3) is 0.533. The molecular formula is C15H25IN6O2. The largest absolute Gasteiger partial charge is 0.467 e. The van der Waals surface area contributed by atoms with E-state index in [2.05, 4.69) is 32.7 Å². The summed E-state index contributed by atoms with van der Waals surface area (Å²) >= 11 is 0. The zero-order valence-electron chi connectivity index (χ0n) is 14.1. The van der Waals surface area contributed by atoms with Crippen molar-refractivity contribution in [3.63, 3.8) is 0 Å². The van der Waals surface area contributed by atoms with E-state index in [1.807, 2.05) is 16.7 Å². The summed E-state index contributed by atoms with van der Waals surface area (Å²) in [6.45, 7) is 5.44. The molecule has 2 rings (SSSR count). The molecule has 134 valence electrons. The van der Waals surface area contributed by atoms with Gasteiger partial charge < -0.3 is 24.4 Å². The number of halogens is 1. The lowest BCUT2D eigenvalue weighted by atomic mass is 10.4. The summed E-state index contributed by atoms with van der Waals surface area (Å²) in [5.41, 5.74) is 0. The van der Waals surface area contributed by atoms with Crippen molar-refractivity contribution in [3.05, 3.63) is 36.3 Å². The second-order valence-electron chi connectivity index (χ2n) is 4.87. The lowest BCUT2D eigenvalue weighted by Crippen LogP contribution is -2.38. The van der Waals surface area contributed by atoms with Crippen LogP contribution in [-0.2, 0) is 24.4 Å². The highest BCUT2D eigenvalue weighted by Gasteiger charge is 2.04. The molecule has 0 unspecified atom stereocenters. The average Bonchev–Trinajstić information content (AvgIpc) is 3.24. The maximum atomic E-state index is 5.53. The number of furan rings is 1. The number of guanidine groups is 1. The van der Waals surface area contributed by atoms with E-state index in [0.717, 1.165) is 37.1 Å². The SMILES string of the molecule is CCn1cnnc1CNC(=NC)NCCCOCc1ccco1.I. The van der Waals surface area contributed by atoms with Crippen molar-refractivity contribution in [3.8, 4) is 0 Å². The van der Waals surface area contributed by atoms with Crippen molar-refractivity contribution in [2.75, 3.05) is 20.2 Å². The highest BCUT2D eigenvalue weighted by molar-refractivity contribution is 14.0. The van der Waals surface area contributed by atoms with Crippen LogP contribution in [0.1, 0.15) is 24.9 Å². The molecule has 0 aliphatic heterocycles. The second kappa shape index (κ2) is 11.8. The third-order valence-corrected chi connectivity index (χ3v) is 3.26. The molecule has 2 aromatic rings. The molecule has 0 aromatic carbocycles. The normalized spacial score (nSPS) is 11.2. The number of aromatic nitrogens is 3. The second-order valence-corrected chi connectivity index (χ2v) is 4.87. The van der Waals surface area contributed by atoms with Gasteiger partial charge in [0.2, 0.25) is 0 Å². The molecule has 0 spiro atoms. The van der Waals surface area contributed by atoms with Crippen molar-refractivity contribution < 1.29 is 9.15 Å². The van der Waals surface area contributed by atoms with Gasteiger partial charge >= 0.3 is 0 Å². The molecule has 2 heterocycles. The van der Waals surface area contributed by atoms with Crippen LogP contribution in [0.3, 0.4) is 0 Å². The van der Waals surface area contributed by atoms with E-state index in [-0.39, 0.29) is 24.0 Å². The molecule has 0 atom stereocenters. The first-order valence-corrected chi connectivity index (χ1v) is 7.74. The van der Waals surface area contributed by atoms with Crippen LogP contribution in [-0.4, -0.2) is 40.9 Å². The van der Waals surface area contributed by atoms with Crippen molar-refractivity contribution in [1.29, 1.82) is 0 Å². The minimum absolute atomic E-state index is 0. The predicted molar refractivity (Wildman–Crippen MR) is 102 cm³/mol. The van der Waals surface area contributed by atoms with Gasteiger partial charge in [-0.15, -0.1) is 34.2 Å². The summed E-state index contributed by atoms with van der Waals surface area (Å²) < 4.78 is 12.7. The molecule has 0 amide bonds. The van der Waals surface area contributed by atoms with Crippen molar-refractivity contribution in [1.82, 2.24) is 25.4 Å². The molecule has 0 fully saturated rings. The summed E-state index contributed by atoms with van der Waals surface area (Å²) in [4.78, 5) is 4.18. The minimum atomic E-state index is 0.